The van der Waals surface area contributed by atoms with E-state index in [2.05, 4.69) is 0 Å². The molecule has 0 atom stereocenters. The Balaban J connectivity index is 2.02. The molecule has 0 amide bonds. The SMILES string of the molecule is Cc1ccc(CN(C)Cc2cc(C(=O)O)oc2C)o1. The molecule has 0 aliphatic carbocycles. The zero-order chi connectivity index (χ0) is 14.0. The zero-order valence-corrected chi connectivity index (χ0v) is 11.3. The van der Waals surface area contributed by atoms with Gasteiger partial charge in [0.2, 0.25) is 5.76 Å². The van der Waals surface area contributed by atoms with Gasteiger partial charge in [0.05, 0.1) is 6.54 Å². The van der Waals surface area contributed by atoms with Crippen LogP contribution in [0.2, 0.25) is 0 Å². The first-order valence-electron chi connectivity index (χ1n) is 6.02. The summed E-state index contributed by atoms with van der Waals surface area (Å²) < 4.78 is 10.7. The summed E-state index contributed by atoms with van der Waals surface area (Å²) in [5, 5.41) is 8.87. The highest BCUT2D eigenvalue weighted by atomic mass is 16.4. The van der Waals surface area contributed by atoms with Crippen LogP contribution >= 0.6 is 0 Å². The van der Waals surface area contributed by atoms with Crippen LogP contribution in [0.15, 0.2) is 27.0 Å². The predicted molar refractivity (Wildman–Crippen MR) is 69.0 cm³/mol. The van der Waals surface area contributed by atoms with Crippen molar-refractivity contribution in [3.63, 3.8) is 0 Å². The summed E-state index contributed by atoms with van der Waals surface area (Å²) in [7, 11) is 1.95. The van der Waals surface area contributed by atoms with Crippen molar-refractivity contribution in [3.05, 3.63) is 46.8 Å². The lowest BCUT2D eigenvalue weighted by Gasteiger charge is -2.14. The van der Waals surface area contributed by atoms with Crippen LogP contribution in [-0.2, 0) is 13.1 Å². The first kappa shape index (κ1) is 13.4. The van der Waals surface area contributed by atoms with E-state index in [1.807, 2.05) is 31.0 Å². The summed E-state index contributed by atoms with van der Waals surface area (Å²) in [6, 6.07) is 5.44. The van der Waals surface area contributed by atoms with Crippen LogP contribution in [0.3, 0.4) is 0 Å². The second-order valence-corrected chi connectivity index (χ2v) is 4.68. The standard InChI is InChI=1S/C14H17NO4/c1-9-4-5-12(18-9)8-15(3)7-11-6-13(14(16)17)19-10(11)2/h4-6H,7-8H2,1-3H3,(H,16,17). The average Bonchev–Trinajstić information content (AvgIpc) is 2.86. The molecule has 2 rings (SSSR count). The zero-order valence-electron chi connectivity index (χ0n) is 11.3. The van der Waals surface area contributed by atoms with Gasteiger partial charge in [-0.25, -0.2) is 4.79 Å². The Labute approximate surface area is 111 Å². The fourth-order valence-corrected chi connectivity index (χ4v) is 1.97. The largest absolute Gasteiger partial charge is 0.475 e. The molecule has 0 radical (unpaired) electrons. The van der Waals surface area contributed by atoms with Crippen molar-refractivity contribution in [2.75, 3.05) is 7.05 Å². The predicted octanol–water partition coefficient (Wildman–Crippen LogP) is 2.82. The van der Waals surface area contributed by atoms with Crippen molar-refractivity contribution in [1.29, 1.82) is 0 Å². The molecule has 0 aliphatic heterocycles. The maximum atomic E-state index is 10.8. The Morgan fingerprint density at radius 2 is 2.00 bits per heavy atom. The first-order chi connectivity index (χ1) is 8.95. The first-order valence-corrected chi connectivity index (χ1v) is 6.02. The normalized spacial score (nSPS) is 11.2. The van der Waals surface area contributed by atoms with Gasteiger partial charge < -0.3 is 13.9 Å². The van der Waals surface area contributed by atoms with E-state index in [1.54, 1.807) is 13.0 Å². The lowest BCUT2D eigenvalue weighted by Crippen LogP contribution is -2.17. The Morgan fingerprint density at radius 1 is 1.26 bits per heavy atom. The Hall–Kier alpha value is -2.01. The Morgan fingerprint density at radius 3 is 2.53 bits per heavy atom. The van der Waals surface area contributed by atoms with Crippen LogP contribution in [-0.4, -0.2) is 23.0 Å². The highest BCUT2D eigenvalue weighted by Gasteiger charge is 2.14. The molecule has 1 N–H and O–H groups in total. The number of hydrogen-bond donors (Lipinski definition) is 1. The van der Waals surface area contributed by atoms with Gasteiger partial charge in [0.1, 0.15) is 17.3 Å². The van der Waals surface area contributed by atoms with E-state index in [4.69, 9.17) is 13.9 Å². The van der Waals surface area contributed by atoms with Gasteiger partial charge in [-0.05, 0) is 39.1 Å². The van der Waals surface area contributed by atoms with Gasteiger partial charge in [0.25, 0.3) is 0 Å². The van der Waals surface area contributed by atoms with Crippen LogP contribution < -0.4 is 0 Å². The van der Waals surface area contributed by atoms with E-state index in [0.29, 0.717) is 18.8 Å². The molecule has 0 unspecified atom stereocenters. The van der Waals surface area contributed by atoms with E-state index in [0.717, 1.165) is 17.1 Å². The monoisotopic (exact) mass is 263 g/mol. The molecule has 19 heavy (non-hydrogen) atoms. The summed E-state index contributed by atoms with van der Waals surface area (Å²) in [6.07, 6.45) is 0. The molecule has 5 heteroatoms. The summed E-state index contributed by atoms with van der Waals surface area (Å²) in [5.41, 5.74) is 0.878. The Kier molecular flexibility index (Phi) is 3.76. The van der Waals surface area contributed by atoms with Crippen molar-refractivity contribution in [2.45, 2.75) is 26.9 Å². The van der Waals surface area contributed by atoms with Crippen LogP contribution in [0.1, 0.15) is 33.4 Å². The van der Waals surface area contributed by atoms with Crippen molar-refractivity contribution in [2.24, 2.45) is 0 Å². The summed E-state index contributed by atoms with van der Waals surface area (Å²) in [4.78, 5) is 12.9. The molecule has 0 spiro atoms. The fourth-order valence-electron chi connectivity index (χ4n) is 1.97. The third-order valence-electron chi connectivity index (χ3n) is 2.89. The number of furan rings is 2. The molecule has 102 valence electrons. The third-order valence-corrected chi connectivity index (χ3v) is 2.89. The van der Waals surface area contributed by atoms with E-state index in [1.165, 1.54) is 0 Å². The molecule has 2 heterocycles. The molecule has 2 aromatic rings. The summed E-state index contributed by atoms with van der Waals surface area (Å²) in [5.74, 6) is 1.35. The van der Waals surface area contributed by atoms with Crippen molar-refractivity contribution < 1.29 is 18.7 Å². The van der Waals surface area contributed by atoms with Crippen molar-refractivity contribution in [1.82, 2.24) is 4.90 Å². The molecular formula is C14H17NO4. The van der Waals surface area contributed by atoms with Gasteiger partial charge in [-0.2, -0.15) is 0 Å². The van der Waals surface area contributed by atoms with Crippen LogP contribution in [0.25, 0.3) is 0 Å². The van der Waals surface area contributed by atoms with Gasteiger partial charge in [0, 0.05) is 12.1 Å². The van der Waals surface area contributed by atoms with E-state index < -0.39 is 5.97 Å². The van der Waals surface area contributed by atoms with E-state index >= 15 is 0 Å². The van der Waals surface area contributed by atoms with Crippen LogP contribution in [0.4, 0.5) is 0 Å². The van der Waals surface area contributed by atoms with Gasteiger partial charge in [0.15, 0.2) is 0 Å². The van der Waals surface area contributed by atoms with E-state index in [-0.39, 0.29) is 5.76 Å². The minimum absolute atomic E-state index is 0.0188. The molecule has 0 aromatic carbocycles. The summed E-state index contributed by atoms with van der Waals surface area (Å²) >= 11 is 0. The number of rotatable bonds is 5. The number of carbonyl (C=O) groups is 1. The van der Waals surface area contributed by atoms with Crippen LogP contribution in [0.5, 0.6) is 0 Å². The molecule has 0 bridgehead atoms. The number of nitrogens with zero attached hydrogens (tertiary/aromatic N) is 1. The molecular weight excluding hydrogens is 246 g/mol. The van der Waals surface area contributed by atoms with Crippen molar-refractivity contribution in [3.8, 4) is 0 Å². The van der Waals surface area contributed by atoms with Gasteiger partial charge in [-0.3, -0.25) is 4.90 Å². The lowest BCUT2D eigenvalue weighted by atomic mass is 10.2. The average molecular weight is 263 g/mol. The second-order valence-electron chi connectivity index (χ2n) is 4.68. The topological polar surface area (TPSA) is 66.8 Å². The molecule has 0 fully saturated rings. The van der Waals surface area contributed by atoms with Gasteiger partial charge in [-0.1, -0.05) is 0 Å². The van der Waals surface area contributed by atoms with Crippen molar-refractivity contribution >= 4 is 5.97 Å². The number of hydrogen-bond acceptors (Lipinski definition) is 4. The highest BCUT2D eigenvalue weighted by Crippen LogP contribution is 2.17. The van der Waals surface area contributed by atoms with E-state index in [9.17, 15) is 4.79 Å². The maximum absolute atomic E-state index is 10.8. The summed E-state index contributed by atoms with van der Waals surface area (Å²) in [6.45, 7) is 4.96. The molecule has 2 aromatic heterocycles. The number of carboxylic acid groups (broad SMARTS) is 1. The minimum Gasteiger partial charge on any atom is -0.475 e. The minimum atomic E-state index is -1.04. The second kappa shape index (κ2) is 5.32. The van der Waals surface area contributed by atoms with Gasteiger partial charge in [-0.15, -0.1) is 0 Å². The fraction of sp³-hybridized carbons (Fsp3) is 0.357. The van der Waals surface area contributed by atoms with Gasteiger partial charge >= 0.3 is 5.97 Å². The maximum Gasteiger partial charge on any atom is 0.371 e. The molecule has 0 aliphatic rings. The Bertz CT molecular complexity index is 582. The number of aromatic carboxylic acids is 1. The van der Waals surface area contributed by atoms with Crippen LogP contribution in [0, 0.1) is 13.8 Å². The molecule has 0 saturated heterocycles. The lowest BCUT2D eigenvalue weighted by molar-refractivity contribution is 0.0661. The third kappa shape index (κ3) is 3.26. The quantitative estimate of drug-likeness (QED) is 0.898. The molecule has 0 saturated carbocycles. The highest BCUT2D eigenvalue weighted by molar-refractivity contribution is 5.84. The number of carboxylic acids is 1. The molecule has 5 nitrogen and oxygen atoms in total. The number of aryl methyl sites for hydroxylation is 2. The smallest absolute Gasteiger partial charge is 0.371 e.